The van der Waals surface area contributed by atoms with E-state index in [4.69, 9.17) is 10.8 Å². The first-order valence-corrected chi connectivity index (χ1v) is 28.0. The van der Waals surface area contributed by atoms with Crippen LogP contribution in [0.3, 0.4) is 0 Å². The molecule has 1 aromatic carbocycles. The number of aliphatic carboxylic acids is 2. The molecule has 0 bridgehead atoms. The molecule has 33 heteroatoms. The van der Waals surface area contributed by atoms with Crippen LogP contribution in [0.4, 0.5) is 0 Å². The number of ketones is 1. The molecule has 0 saturated carbocycles. The van der Waals surface area contributed by atoms with Gasteiger partial charge in [0.15, 0.2) is 0 Å². The van der Waals surface area contributed by atoms with Crippen molar-refractivity contribution in [2.45, 2.75) is 173 Å². The molecule has 0 spiro atoms. The Bertz CT molecular complexity index is 2650. The van der Waals surface area contributed by atoms with Crippen molar-refractivity contribution in [2.75, 3.05) is 26.3 Å². The van der Waals surface area contributed by atoms with Crippen molar-refractivity contribution >= 4 is 88.6 Å². The summed E-state index contributed by atoms with van der Waals surface area (Å²) in [6.45, 7) is 7.03. The van der Waals surface area contributed by atoms with Gasteiger partial charge in [0.05, 0.1) is 31.9 Å². The molecule has 11 atom stereocenters. The van der Waals surface area contributed by atoms with E-state index in [2.05, 4.69) is 53.2 Å². The first-order chi connectivity index (χ1) is 40.8. The number of nitrogens with zero attached hydrogens (tertiary/aromatic N) is 1. The minimum absolute atomic E-state index is 0.00595. The Hall–Kier alpha value is -8.85. The summed E-state index contributed by atoms with van der Waals surface area (Å²) in [5.41, 5.74) is 5.59. The molecule has 1 saturated heterocycles. The van der Waals surface area contributed by atoms with E-state index in [1.807, 2.05) is 0 Å². The average molecular weight is 1240 g/mol. The number of phenols is 1. The van der Waals surface area contributed by atoms with Gasteiger partial charge in [0.1, 0.15) is 60.1 Å². The second kappa shape index (κ2) is 36.2. The highest BCUT2D eigenvalue weighted by molar-refractivity contribution is 6.38. The van der Waals surface area contributed by atoms with Crippen molar-refractivity contribution in [3.63, 3.8) is 0 Å². The number of aliphatic hydroxyl groups excluding tert-OH is 3. The molecule has 2 rings (SSSR count). The molecule has 33 nitrogen and oxygen atoms in total. The molecule has 0 unspecified atom stereocenters. The van der Waals surface area contributed by atoms with Gasteiger partial charge in [0.25, 0.3) is 5.91 Å². The van der Waals surface area contributed by atoms with Crippen LogP contribution < -0.4 is 58.9 Å². The number of hydrogen-bond acceptors (Lipinski definition) is 19. The number of carboxylic acids is 2. The smallest absolute Gasteiger partial charge is 0.303 e. The van der Waals surface area contributed by atoms with Crippen molar-refractivity contribution < 1.29 is 103 Å². The van der Waals surface area contributed by atoms with Crippen LogP contribution in [0.5, 0.6) is 5.75 Å². The van der Waals surface area contributed by atoms with Crippen LogP contribution >= 0.6 is 0 Å². The maximum Gasteiger partial charge on any atom is 0.303 e. The Kier molecular flexibility index (Phi) is 30.9. The largest absolute Gasteiger partial charge is 0.508 e. The maximum absolute atomic E-state index is 14.3. The van der Waals surface area contributed by atoms with Crippen molar-refractivity contribution in [3.05, 3.63) is 29.8 Å². The summed E-state index contributed by atoms with van der Waals surface area (Å²) in [7, 11) is 0. The number of benzene rings is 1. The summed E-state index contributed by atoms with van der Waals surface area (Å²) >= 11 is 0. The van der Waals surface area contributed by atoms with Crippen LogP contribution in [0.1, 0.15) is 105 Å². The lowest BCUT2D eigenvalue weighted by molar-refractivity contribution is -0.144. The van der Waals surface area contributed by atoms with E-state index in [1.165, 1.54) is 29.2 Å². The Morgan fingerprint density at radius 3 is 1.57 bits per heavy atom. The number of carboxylic acid groups (broad SMARTS) is 2. The van der Waals surface area contributed by atoms with Crippen LogP contribution in [-0.2, 0) is 78.3 Å². The van der Waals surface area contributed by atoms with E-state index >= 15 is 0 Å². The predicted octanol–water partition coefficient (Wildman–Crippen LogP) is -6.31. The summed E-state index contributed by atoms with van der Waals surface area (Å²) in [6, 6.07) is -9.98. The highest BCUT2D eigenvalue weighted by Crippen LogP contribution is 2.22. The fourth-order valence-electron chi connectivity index (χ4n) is 8.76. The van der Waals surface area contributed by atoms with Gasteiger partial charge in [-0.2, -0.15) is 0 Å². The molecular weight excluding hydrogens is 1150 g/mol. The number of rotatable bonds is 37. The molecule has 1 aliphatic rings. The molecule has 12 amide bonds. The SMILES string of the molecule is CCC[C@H](NC(=O)[C@@H]1CCCN1C(=O)[C@@H](NC(=O)[C@@H](NC(=O)[C@H](CCC(=O)O)NC(=O)[C@H](CCC(=O)O)NC(C)=O)C(C)C)C(C)C)C(=O)C(=O)NCC(=O)N[C@H](C(=O)N[C@@H](CO)C(=O)N[C@@H](Cc1ccc(O)cc1)C(=O)N[C@@H](CO)C(N)=O)[C@@H](C)O. The average Bonchev–Trinajstić information content (AvgIpc) is 2.55. The third kappa shape index (κ3) is 24.6. The maximum atomic E-state index is 14.3. The summed E-state index contributed by atoms with van der Waals surface area (Å²) in [5, 5.41) is 81.3. The molecular formula is C54H82N12O21. The van der Waals surface area contributed by atoms with E-state index < -0.39 is 206 Å². The van der Waals surface area contributed by atoms with Crippen molar-refractivity contribution in [1.82, 2.24) is 58.1 Å². The number of Topliss-reactive ketones (excluding diaryl/α,β-unsaturated/α-hetero) is 1. The second-order valence-corrected chi connectivity index (χ2v) is 21.3. The predicted molar refractivity (Wildman–Crippen MR) is 301 cm³/mol. The number of hydrogen-bond donors (Lipinski definition) is 17. The fourth-order valence-corrected chi connectivity index (χ4v) is 8.76. The van der Waals surface area contributed by atoms with Crippen LogP contribution in [0, 0.1) is 11.8 Å². The van der Waals surface area contributed by atoms with E-state index in [0.717, 1.165) is 13.8 Å². The van der Waals surface area contributed by atoms with E-state index in [0.29, 0.717) is 5.56 Å². The van der Waals surface area contributed by atoms with E-state index in [9.17, 15) is 97.5 Å². The first kappa shape index (κ1) is 74.3. The summed E-state index contributed by atoms with van der Waals surface area (Å²) in [4.78, 5) is 196. The first-order valence-electron chi connectivity index (χ1n) is 28.0. The number of likely N-dealkylation sites (tertiary alicyclic amines) is 1. The molecule has 484 valence electrons. The lowest BCUT2D eigenvalue weighted by atomic mass is 9.98. The molecule has 18 N–H and O–H groups in total. The second-order valence-electron chi connectivity index (χ2n) is 21.3. The van der Waals surface area contributed by atoms with E-state index in [1.54, 1.807) is 34.6 Å². The standard InChI is InChI=1S/C54H82N12O21/c1-8-10-31(44(77)53(86)56-22-38(72)63-43(27(6)69)52(85)62-36(24-68)49(82)60-34(21-29-12-14-30(71)15-13-29)48(81)61-35(23-67)45(55)78)58-50(83)37-11-9-20-66(37)54(87)42(26(4)5)65-51(84)41(25(2)3)64-47(80)33(17-19-40(75)76)59-46(79)32(57-28(7)70)16-18-39(73)74/h12-15,25-27,31-37,41-43,67-69,71H,8-11,16-24H2,1-7H3,(H2,55,78)(H,56,86)(H,57,70)(H,58,83)(H,59,79)(H,60,82)(H,61,81)(H,62,85)(H,63,72)(H,64,80)(H,65,84)(H,73,74)(H,75,76)/t27-,31+,32+,33+,34+,35+,36+,37+,41+,42+,43+/m1/s1. The molecule has 0 aromatic heterocycles. The van der Waals surface area contributed by atoms with Gasteiger partial charge in [-0.05, 0) is 68.6 Å². The van der Waals surface area contributed by atoms with Gasteiger partial charge in [0, 0.05) is 32.7 Å². The quantitative estimate of drug-likeness (QED) is 0.0276. The highest BCUT2D eigenvalue weighted by atomic mass is 16.4. The molecule has 1 heterocycles. The number of primary amides is 1. The number of nitrogens with two attached hydrogens (primary N) is 1. The Morgan fingerprint density at radius 2 is 1.07 bits per heavy atom. The van der Waals surface area contributed by atoms with Gasteiger partial charge in [-0.15, -0.1) is 0 Å². The number of aliphatic hydroxyl groups is 3. The molecule has 1 fully saturated rings. The van der Waals surface area contributed by atoms with Gasteiger partial charge in [0.2, 0.25) is 70.8 Å². The topological polar surface area (TPSA) is 527 Å². The van der Waals surface area contributed by atoms with Gasteiger partial charge >= 0.3 is 11.9 Å². The van der Waals surface area contributed by atoms with Gasteiger partial charge in [-0.3, -0.25) is 71.9 Å². The van der Waals surface area contributed by atoms with Crippen LogP contribution in [0.15, 0.2) is 24.3 Å². The molecule has 87 heavy (non-hydrogen) atoms. The number of nitrogens with one attached hydrogen (secondary N) is 10. The number of amides is 12. The molecule has 1 aromatic rings. The third-order valence-electron chi connectivity index (χ3n) is 13.5. The Labute approximate surface area is 500 Å². The van der Waals surface area contributed by atoms with Crippen molar-refractivity contribution in [2.24, 2.45) is 17.6 Å². The zero-order valence-electron chi connectivity index (χ0n) is 49.3. The minimum atomic E-state index is -1.87. The summed E-state index contributed by atoms with van der Waals surface area (Å²) in [5.74, 6) is -17.6. The number of aromatic hydroxyl groups is 1. The Balaban J connectivity index is 2.19. The zero-order chi connectivity index (χ0) is 66.0. The van der Waals surface area contributed by atoms with Crippen LogP contribution in [0.2, 0.25) is 0 Å². The summed E-state index contributed by atoms with van der Waals surface area (Å²) < 4.78 is 0. The van der Waals surface area contributed by atoms with Gasteiger partial charge < -0.3 is 94.4 Å². The number of phenolic OH excluding ortho intramolecular Hbond substituents is 1. The fraction of sp³-hybridized carbons (Fsp3) is 0.611. The molecule has 1 aliphatic heterocycles. The van der Waals surface area contributed by atoms with Gasteiger partial charge in [-0.1, -0.05) is 53.2 Å². The molecule has 0 radical (unpaired) electrons. The van der Waals surface area contributed by atoms with Gasteiger partial charge in [-0.25, -0.2) is 0 Å². The normalized spacial score (nSPS) is 16.3. The third-order valence-corrected chi connectivity index (χ3v) is 13.5. The lowest BCUT2D eigenvalue weighted by Gasteiger charge is -2.33. The van der Waals surface area contributed by atoms with Crippen LogP contribution in [-0.4, -0.2) is 217 Å². The number of carbonyl (C=O) groups excluding carboxylic acids is 13. The highest BCUT2D eigenvalue weighted by Gasteiger charge is 2.42. The summed E-state index contributed by atoms with van der Waals surface area (Å²) in [6.07, 6.45) is -3.57. The Morgan fingerprint density at radius 1 is 0.586 bits per heavy atom. The van der Waals surface area contributed by atoms with Crippen LogP contribution in [0.25, 0.3) is 0 Å². The van der Waals surface area contributed by atoms with Crippen molar-refractivity contribution in [3.8, 4) is 5.75 Å². The zero-order valence-corrected chi connectivity index (χ0v) is 49.3. The van der Waals surface area contributed by atoms with E-state index in [-0.39, 0.29) is 50.8 Å². The van der Waals surface area contributed by atoms with Crippen molar-refractivity contribution in [1.29, 1.82) is 0 Å². The molecule has 0 aliphatic carbocycles. The monoisotopic (exact) mass is 1230 g/mol. The minimum Gasteiger partial charge on any atom is -0.508 e. The lowest BCUT2D eigenvalue weighted by Crippen LogP contribution is -2.61. The number of carbonyl (C=O) groups is 15.